The number of nitrogens with one attached hydrogen (secondary N) is 1. The van der Waals surface area contributed by atoms with Crippen molar-refractivity contribution in [2.45, 2.75) is 37.6 Å². The van der Waals surface area contributed by atoms with Crippen LogP contribution in [-0.4, -0.2) is 32.5 Å². The molecule has 0 unspecified atom stereocenters. The van der Waals surface area contributed by atoms with Gasteiger partial charge in [0.1, 0.15) is 5.78 Å². The maximum absolute atomic E-state index is 13.0. The number of fused-ring (bicyclic) bond motifs is 1. The number of nitro benzene ring substituents is 1. The highest BCUT2D eigenvalue weighted by molar-refractivity contribution is 5.88. The topological polar surface area (TPSA) is 113 Å². The zero-order valence-corrected chi connectivity index (χ0v) is 15.7. The van der Waals surface area contributed by atoms with E-state index in [-0.39, 0.29) is 18.0 Å². The van der Waals surface area contributed by atoms with E-state index in [0.29, 0.717) is 24.8 Å². The van der Waals surface area contributed by atoms with Crippen LogP contribution in [0.25, 0.3) is 0 Å². The molecule has 1 heterocycles. The summed E-state index contributed by atoms with van der Waals surface area (Å²) in [6, 6.07) is 13.8. The van der Waals surface area contributed by atoms with Gasteiger partial charge in [-0.15, -0.1) is 0 Å². The lowest BCUT2D eigenvalue weighted by atomic mass is 9.71. The average Bonchev–Trinajstić information content (AvgIpc) is 2.71. The molecule has 2 aromatic rings. The monoisotopic (exact) mass is 395 g/mol. The first-order valence-electron chi connectivity index (χ1n) is 9.51. The molecule has 4 rings (SSSR count). The molecular weight excluding hydrogens is 374 g/mol. The number of Topliss-reactive ketones (excluding diaryl/α,β-unsaturated/α-hetero) is 1. The number of aliphatic hydroxyl groups is 1. The summed E-state index contributed by atoms with van der Waals surface area (Å²) in [6.07, 6.45) is 1.12. The molecule has 150 valence electrons. The van der Waals surface area contributed by atoms with Crippen molar-refractivity contribution in [1.82, 2.24) is 10.2 Å². The fourth-order valence-electron chi connectivity index (χ4n) is 4.37. The van der Waals surface area contributed by atoms with Crippen LogP contribution in [0.3, 0.4) is 0 Å². The third-order valence-corrected chi connectivity index (χ3v) is 5.78. The summed E-state index contributed by atoms with van der Waals surface area (Å²) in [7, 11) is 0. The lowest BCUT2D eigenvalue weighted by Gasteiger charge is -2.53. The van der Waals surface area contributed by atoms with E-state index >= 15 is 0 Å². The Morgan fingerprint density at radius 1 is 1.14 bits per heavy atom. The lowest BCUT2D eigenvalue weighted by molar-refractivity contribution is -0.384. The average molecular weight is 395 g/mol. The maximum atomic E-state index is 13.0. The summed E-state index contributed by atoms with van der Waals surface area (Å²) in [5, 5.41) is 25.3. The molecule has 2 fully saturated rings. The zero-order chi connectivity index (χ0) is 20.6. The number of hydrogen-bond donors (Lipinski definition) is 2. The van der Waals surface area contributed by atoms with Crippen LogP contribution in [0.2, 0.25) is 0 Å². The fraction of sp³-hybridized carbons (Fsp3) is 0.333. The van der Waals surface area contributed by atoms with Crippen LogP contribution in [0, 0.1) is 16.0 Å². The second kappa shape index (κ2) is 7.29. The third kappa shape index (κ3) is 3.36. The summed E-state index contributed by atoms with van der Waals surface area (Å²) >= 11 is 0. The van der Waals surface area contributed by atoms with E-state index in [1.54, 1.807) is 0 Å². The number of urea groups is 1. The molecule has 1 saturated carbocycles. The van der Waals surface area contributed by atoms with E-state index in [4.69, 9.17) is 0 Å². The molecule has 29 heavy (non-hydrogen) atoms. The summed E-state index contributed by atoms with van der Waals surface area (Å²) in [5.74, 6) is -0.973. The maximum Gasteiger partial charge on any atom is 0.320 e. The Morgan fingerprint density at radius 3 is 2.48 bits per heavy atom. The quantitative estimate of drug-likeness (QED) is 0.610. The normalized spacial score (nSPS) is 26.6. The molecular formula is C21H21N3O5. The van der Waals surface area contributed by atoms with Gasteiger partial charge >= 0.3 is 6.03 Å². The molecule has 0 spiro atoms. The number of rotatable bonds is 4. The van der Waals surface area contributed by atoms with Crippen LogP contribution in [0.5, 0.6) is 0 Å². The Bertz CT molecular complexity index is 947. The van der Waals surface area contributed by atoms with E-state index in [0.717, 1.165) is 5.56 Å². The smallest absolute Gasteiger partial charge is 0.320 e. The van der Waals surface area contributed by atoms with Crippen molar-refractivity contribution in [2.75, 3.05) is 0 Å². The van der Waals surface area contributed by atoms with Gasteiger partial charge in [0.05, 0.1) is 23.4 Å². The molecule has 8 nitrogen and oxygen atoms in total. The molecule has 0 bridgehead atoms. The van der Waals surface area contributed by atoms with Gasteiger partial charge in [0.25, 0.3) is 5.69 Å². The van der Waals surface area contributed by atoms with Gasteiger partial charge in [-0.25, -0.2) is 4.79 Å². The molecule has 0 aromatic heterocycles. The third-order valence-electron chi connectivity index (χ3n) is 5.78. The van der Waals surface area contributed by atoms with Crippen LogP contribution in [0.4, 0.5) is 10.5 Å². The summed E-state index contributed by atoms with van der Waals surface area (Å²) < 4.78 is 0. The van der Waals surface area contributed by atoms with Gasteiger partial charge < -0.3 is 10.4 Å². The SMILES string of the molecule is O=C1CCC[C@@]2(O)[C@@H]1[C@@H](c1ccc([N+](=O)[O-])cc1)NC(=O)N2Cc1ccccc1. The summed E-state index contributed by atoms with van der Waals surface area (Å²) in [5.41, 5.74) is -0.282. The van der Waals surface area contributed by atoms with Crippen molar-refractivity contribution in [3.8, 4) is 0 Å². The number of amides is 2. The molecule has 1 aliphatic heterocycles. The van der Waals surface area contributed by atoms with Crippen molar-refractivity contribution >= 4 is 17.5 Å². The number of carbonyl (C=O) groups excluding carboxylic acids is 2. The Hall–Kier alpha value is -3.26. The molecule has 0 radical (unpaired) electrons. The van der Waals surface area contributed by atoms with Crippen molar-refractivity contribution in [3.63, 3.8) is 0 Å². The van der Waals surface area contributed by atoms with Gasteiger partial charge in [-0.2, -0.15) is 0 Å². The molecule has 1 saturated heterocycles. The molecule has 2 aliphatic rings. The Kier molecular flexibility index (Phi) is 4.79. The van der Waals surface area contributed by atoms with Gasteiger partial charge in [0.15, 0.2) is 5.72 Å². The summed E-state index contributed by atoms with van der Waals surface area (Å²) in [6.45, 7) is 0.180. The molecule has 3 atom stereocenters. The van der Waals surface area contributed by atoms with E-state index in [9.17, 15) is 24.8 Å². The second-order valence-corrected chi connectivity index (χ2v) is 7.52. The largest absolute Gasteiger partial charge is 0.370 e. The van der Waals surface area contributed by atoms with Gasteiger partial charge in [0, 0.05) is 18.6 Å². The molecule has 8 heteroatoms. The van der Waals surface area contributed by atoms with Gasteiger partial charge in [-0.1, -0.05) is 42.5 Å². The second-order valence-electron chi connectivity index (χ2n) is 7.52. The zero-order valence-electron chi connectivity index (χ0n) is 15.7. The van der Waals surface area contributed by atoms with Crippen molar-refractivity contribution < 1.29 is 19.6 Å². The molecule has 2 aromatic carbocycles. The predicted octanol–water partition coefficient (Wildman–Crippen LogP) is 2.92. The van der Waals surface area contributed by atoms with Gasteiger partial charge in [0.2, 0.25) is 0 Å². The number of carbonyl (C=O) groups is 2. The number of hydrogen-bond acceptors (Lipinski definition) is 5. The minimum absolute atomic E-state index is 0.0770. The highest BCUT2D eigenvalue weighted by Gasteiger charge is 2.57. The van der Waals surface area contributed by atoms with E-state index < -0.39 is 28.6 Å². The first-order valence-corrected chi connectivity index (χ1v) is 9.51. The molecule has 2 N–H and O–H groups in total. The highest BCUT2D eigenvalue weighted by atomic mass is 16.6. The minimum Gasteiger partial charge on any atom is -0.370 e. The fourth-order valence-corrected chi connectivity index (χ4v) is 4.37. The van der Waals surface area contributed by atoms with Crippen molar-refractivity contribution in [1.29, 1.82) is 0 Å². The Morgan fingerprint density at radius 2 is 1.83 bits per heavy atom. The highest BCUT2D eigenvalue weighted by Crippen LogP contribution is 2.45. The van der Waals surface area contributed by atoms with Crippen LogP contribution < -0.4 is 5.32 Å². The van der Waals surface area contributed by atoms with Gasteiger partial charge in [-0.3, -0.25) is 19.8 Å². The number of nitro groups is 1. The van der Waals surface area contributed by atoms with Crippen molar-refractivity contribution in [3.05, 3.63) is 75.8 Å². The number of nitrogens with zero attached hydrogens (tertiary/aromatic N) is 2. The number of benzene rings is 2. The first-order chi connectivity index (χ1) is 13.9. The number of non-ortho nitro benzene ring substituents is 1. The molecule has 1 aliphatic carbocycles. The minimum atomic E-state index is -1.61. The van der Waals surface area contributed by atoms with E-state index in [1.165, 1.54) is 29.2 Å². The van der Waals surface area contributed by atoms with Crippen LogP contribution >= 0.6 is 0 Å². The van der Waals surface area contributed by atoms with Crippen LogP contribution in [-0.2, 0) is 11.3 Å². The van der Waals surface area contributed by atoms with Crippen LogP contribution in [0.15, 0.2) is 54.6 Å². The van der Waals surface area contributed by atoms with Crippen molar-refractivity contribution in [2.24, 2.45) is 5.92 Å². The standard InChI is InChI=1S/C21H21N3O5/c25-17-7-4-12-21(27)18(17)19(15-8-10-16(11-9-15)24(28)29)22-20(26)23(21)13-14-5-2-1-3-6-14/h1-3,5-6,8-11,18-19,27H,4,7,12-13H2,(H,22,26)/t18-,19+,21+/m0/s1. The Balaban J connectivity index is 1.70. The predicted molar refractivity (Wildman–Crippen MR) is 104 cm³/mol. The summed E-state index contributed by atoms with van der Waals surface area (Å²) in [4.78, 5) is 37.6. The lowest BCUT2D eigenvalue weighted by Crippen LogP contribution is -2.69. The molecule has 2 amide bonds. The van der Waals surface area contributed by atoms with Gasteiger partial charge in [-0.05, 0) is 24.0 Å². The Labute approximate surface area is 167 Å². The van der Waals surface area contributed by atoms with Crippen LogP contribution in [0.1, 0.15) is 36.4 Å². The van der Waals surface area contributed by atoms with E-state index in [2.05, 4.69) is 5.32 Å². The van der Waals surface area contributed by atoms with E-state index in [1.807, 2.05) is 30.3 Å². The number of ketones is 1. The first kappa shape index (κ1) is 19.1.